The lowest BCUT2D eigenvalue weighted by Crippen LogP contribution is -2.22. The van der Waals surface area contributed by atoms with E-state index >= 15 is 0 Å². The molecule has 1 aromatic carbocycles. The minimum atomic E-state index is 0. The van der Waals surface area contributed by atoms with E-state index in [0.717, 1.165) is 23.4 Å². The first kappa shape index (κ1) is 20.1. The second kappa shape index (κ2) is 9.36. The number of nitrogens with one attached hydrogen (secondary N) is 1. The number of halogens is 1. The van der Waals surface area contributed by atoms with Crippen LogP contribution in [0.5, 0.6) is 11.5 Å². The Balaban J connectivity index is 0.00000288. The van der Waals surface area contributed by atoms with E-state index in [0.29, 0.717) is 24.0 Å². The van der Waals surface area contributed by atoms with E-state index in [4.69, 9.17) is 15.2 Å². The van der Waals surface area contributed by atoms with Gasteiger partial charge in [0.1, 0.15) is 0 Å². The Kier molecular flexibility index (Phi) is 7.83. The molecule has 1 heterocycles. The highest BCUT2D eigenvalue weighted by molar-refractivity contribution is 14.0. The summed E-state index contributed by atoms with van der Waals surface area (Å²) in [5.41, 5.74) is 8.85. The van der Waals surface area contributed by atoms with Gasteiger partial charge in [0, 0.05) is 30.6 Å². The van der Waals surface area contributed by atoms with Crippen LogP contribution in [0.2, 0.25) is 0 Å². The van der Waals surface area contributed by atoms with Gasteiger partial charge in [-0.1, -0.05) is 6.92 Å². The SMILES string of the molecule is CCc1nn(C)cc1CN=C(N)Nc1ccc(OC)c(OC)c1.I. The molecule has 8 heteroatoms. The lowest BCUT2D eigenvalue weighted by atomic mass is 10.2. The monoisotopic (exact) mass is 445 g/mol. The summed E-state index contributed by atoms with van der Waals surface area (Å²) in [6, 6.07) is 5.47. The van der Waals surface area contributed by atoms with Crippen molar-refractivity contribution in [2.24, 2.45) is 17.8 Å². The van der Waals surface area contributed by atoms with Gasteiger partial charge in [0.15, 0.2) is 17.5 Å². The maximum absolute atomic E-state index is 5.95. The summed E-state index contributed by atoms with van der Waals surface area (Å²) in [5, 5.41) is 7.44. The molecule has 0 saturated carbocycles. The number of nitrogens with zero attached hydrogens (tertiary/aromatic N) is 3. The molecule has 0 amide bonds. The molecule has 24 heavy (non-hydrogen) atoms. The summed E-state index contributed by atoms with van der Waals surface area (Å²) < 4.78 is 12.3. The van der Waals surface area contributed by atoms with E-state index in [2.05, 4.69) is 22.3 Å². The number of benzene rings is 1. The largest absolute Gasteiger partial charge is 0.493 e. The molecule has 7 nitrogen and oxygen atoms in total. The molecule has 0 aliphatic heterocycles. The maximum Gasteiger partial charge on any atom is 0.193 e. The predicted octanol–water partition coefficient (Wildman–Crippen LogP) is 2.54. The summed E-state index contributed by atoms with van der Waals surface area (Å²) >= 11 is 0. The van der Waals surface area contributed by atoms with E-state index in [1.807, 2.05) is 31.4 Å². The minimum Gasteiger partial charge on any atom is -0.493 e. The smallest absolute Gasteiger partial charge is 0.193 e. The number of nitrogens with two attached hydrogens (primary N) is 1. The maximum atomic E-state index is 5.95. The van der Waals surface area contributed by atoms with Crippen LogP contribution in [-0.2, 0) is 20.0 Å². The third-order valence-electron chi connectivity index (χ3n) is 3.40. The second-order valence-electron chi connectivity index (χ2n) is 5.02. The third kappa shape index (κ3) is 5.02. The lowest BCUT2D eigenvalue weighted by Gasteiger charge is -2.10. The number of aryl methyl sites for hydroxylation is 2. The molecule has 3 N–H and O–H groups in total. The van der Waals surface area contributed by atoms with Gasteiger partial charge in [0.05, 0.1) is 26.5 Å². The lowest BCUT2D eigenvalue weighted by molar-refractivity contribution is 0.355. The summed E-state index contributed by atoms with van der Waals surface area (Å²) in [6.45, 7) is 2.56. The van der Waals surface area contributed by atoms with Crippen LogP contribution >= 0.6 is 24.0 Å². The molecule has 2 aromatic rings. The number of anilines is 1. The number of aliphatic imine (C=N–C) groups is 1. The van der Waals surface area contributed by atoms with Crippen molar-refractivity contribution in [1.82, 2.24) is 9.78 Å². The van der Waals surface area contributed by atoms with Crippen LogP contribution in [0.15, 0.2) is 29.4 Å². The number of aromatic nitrogens is 2. The second-order valence-corrected chi connectivity index (χ2v) is 5.02. The van der Waals surface area contributed by atoms with Crippen LogP contribution in [0.3, 0.4) is 0 Å². The molecule has 0 spiro atoms. The Bertz CT molecular complexity index is 700. The van der Waals surface area contributed by atoms with Gasteiger partial charge in [0.25, 0.3) is 0 Å². The van der Waals surface area contributed by atoms with Crippen LogP contribution < -0.4 is 20.5 Å². The summed E-state index contributed by atoms with van der Waals surface area (Å²) in [5.74, 6) is 1.63. The van der Waals surface area contributed by atoms with Gasteiger partial charge in [-0.25, -0.2) is 4.99 Å². The van der Waals surface area contributed by atoms with Crippen molar-refractivity contribution in [3.05, 3.63) is 35.7 Å². The number of hydrogen-bond donors (Lipinski definition) is 2. The summed E-state index contributed by atoms with van der Waals surface area (Å²) in [7, 11) is 5.09. The molecule has 0 atom stereocenters. The number of guanidine groups is 1. The molecule has 0 aliphatic rings. The average Bonchev–Trinajstić information content (AvgIpc) is 2.92. The van der Waals surface area contributed by atoms with Crippen LogP contribution in [-0.4, -0.2) is 30.0 Å². The van der Waals surface area contributed by atoms with E-state index in [-0.39, 0.29) is 24.0 Å². The minimum absolute atomic E-state index is 0. The van der Waals surface area contributed by atoms with Gasteiger partial charge in [-0.2, -0.15) is 5.10 Å². The molecule has 0 unspecified atom stereocenters. The first-order valence-electron chi connectivity index (χ1n) is 7.37. The van der Waals surface area contributed by atoms with Gasteiger partial charge in [-0.15, -0.1) is 24.0 Å². The van der Waals surface area contributed by atoms with Crippen molar-refractivity contribution in [1.29, 1.82) is 0 Å². The Morgan fingerprint density at radius 2 is 2.00 bits per heavy atom. The zero-order valence-corrected chi connectivity index (χ0v) is 16.7. The first-order chi connectivity index (χ1) is 11.1. The number of ether oxygens (including phenoxy) is 2. The molecule has 2 rings (SSSR count). The zero-order valence-electron chi connectivity index (χ0n) is 14.4. The summed E-state index contributed by atoms with van der Waals surface area (Å²) in [6.07, 6.45) is 2.83. The molecule has 0 saturated heterocycles. The van der Waals surface area contributed by atoms with Crippen molar-refractivity contribution in [3.8, 4) is 11.5 Å². The summed E-state index contributed by atoms with van der Waals surface area (Å²) in [4.78, 5) is 4.37. The van der Waals surface area contributed by atoms with Crippen molar-refractivity contribution in [2.45, 2.75) is 19.9 Å². The van der Waals surface area contributed by atoms with Crippen LogP contribution in [0.1, 0.15) is 18.2 Å². The molecule has 0 radical (unpaired) electrons. The van der Waals surface area contributed by atoms with Gasteiger partial charge < -0.3 is 20.5 Å². The number of hydrogen-bond acceptors (Lipinski definition) is 4. The van der Waals surface area contributed by atoms with E-state index in [1.54, 1.807) is 18.9 Å². The molecule has 0 bridgehead atoms. The fourth-order valence-corrected chi connectivity index (χ4v) is 2.29. The third-order valence-corrected chi connectivity index (χ3v) is 3.40. The van der Waals surface area contributed by atoms with Gasteiger partial charge in [-0.3, -0.25) is 4.68 Å². The molecule has 0 aliphatic carbocycles. The van der Waals surface area contributed by atoms with Gasteiger partial charge >= 0.3 is 0 Å². The highest BCUT2D eigenvalue weighted by Crippen LogP contribution is 2.29. The van der Waals surface area contributed by atoms with Crippen molar-refractivity contribution >= 4 is 35.6 Å². The average molecular weight is 445 g/mol. The Morgan fingerprint density at radius 3 is 2.62 bits per heavy atom. The van der Waals surface area contributed by atoms with Crippen LogP contribution in [0.4, 0.5) is 5.69 Å². The molecule has 1 aromatic heterocycles. The van der Waals surface area contributed by atoms with Crippen LogP contribution in [0.25, 0.3) is 0 Å². The van der Waals surface area contributed by atoms with E-state index < -0.39 is 0 Å². The first-order valence-corrected chi connectivity index (χ1v) is 7.37. The quantitative estimate of drug-likeness (QED) is 0.406. The van der Waals surface area contributed by atoms with E-state index in [1.165, 1.54) is 0 Å². The van der Waals surface area contributed by atoms with Gasteiger partial charge in [0.2, 0.25) is 0 Å². The van der Waals surface area contributed by atoms with E-state index in [9.17, 15) is 0 Å². The predicted molar refractivity (Wildman–Crippen MR) is 106 cm³/mol. The Hall–Kier alpha value is -1.97. The zero-order chi connectivity index (χ0) is 16.8. The number of methoxy groups -OCH3 is 2. The molecular formula is C16H24IN5O2. The van der Waals surface area contributed by atoms with Crippen LogP contribution in [0, 0.1) is 0 Å². The Morgan fingerprint density at radius 1 is 1.29 bits per heavy atom. The molecular weight excluding hydrogens is 421 g/mol. The fraction of sp³-hybridized carbons (Fsp3) is 0.375. The highest BCUT2D eigenvalue weighted by Gasteiger charge is 2.07. The topological polar surface area (TPSA) is 86.7 Å². The molecule has 0 fully saturated rings. The highest BCUT2D eigenvalue weighted by atomic mass is 127. The fourth-order valence-electron chi connectivity index (χ4n) is 2.29. The standard InChI is InChI=1S/C16H23N5O2.HI/c1-5-13-11(10-21(2)20-13)9-18-16(17)19-12-6-7-14(22-3)15(8-12)23-4;/h6-8,10H,5,9H2,1-4H3,(H3,17,18,19);1H. The van der Waals surface area contributed by atoms with Crippen molar-refractivity contribution in [2.75, 3.05) is 19.5 Å². The van der Waals surface area contributed by atoms with Crippen molar-refractivity contribution < 1.29 is 9.47 Å². The molecule has 132 valence electrons. The Labute approximate surface area is 159 Å². The normalized spacial score (nSPS) is 10.9. The number of rotatable bonds is 6. The van der Waals surface area contributed by atoms with Gasteiger partial charge in [-0.05, 0) is 18.6 Å². The van der Waals surface area contributed by atoms with Crippen molar-refractivity contribution in [3.63, 3.8) is 0 Å².